The molecule has 5 heteroatoms. The number of rotatable bonds is 4. The fraction of sp³-hybridized carbons (Fsp3) is 0.100. The summed E-state index contributed by atoms with van der Waals surface area (Å²) in [7, 11) is 1.61. The highest BCUT2D eigenvalue weighted by Crippen LogP contribution is 2.28. The first-order chi connectivity index (χ1) is 12.1. The van der Waals surface area contributed by atoms with Gasteiger partial charge in [0, 0.05) is 29.2 Å². The lowest BCUT2D eigenvalue weighted by molar-refractivity contribution is -0.114. The van der Waals surface area contributed by atoms with Gasteiger partial charge in [0.15, 0.2) is 0 Å². The number of hydrogen-bond acceptors (Lipinski definition) is 3. The molecule has 3 rings (SSSR count). The molecule has 0 atom stereocenters. The maximum atomic E-state index is 12.7. The fourth-order valence-electron chi connectivity index (χ4n) is 2.69. The first-order valence-corrected chi connectivity index (χ1v) is 7.83. The van der Waals surface area contributed by atoms with E-state index in [1.807, 2.05) is 24.3 Å². The van der Waals surface area contributed by atoms with Crippen LogP contribution >= 0.6 is 0 Å². The molecule has 0 aromatic heterocycles. The lowest BCUT2D eigenvalue weighted by Crippen LogP contribution is -2.12. The standard InChI is InChI=1S/C20H18N2O3/c1-13(23)21-14-7-9-15(10-8-14)22-20(24)18-11-12-19(25-2)17-6-4-3-5-16(17)18/h3-12H,1-2H3,(H,21,23)(H,22,24). The number of methoxy groups -OCH3 is 1. The number of amides is 2. The number of nitrogens with one attached hydrogen (secondary N) is 2. The highest BCUT2D eigenvalue weighted by molar-refractivity contribution is 6.14. The van der Waals surface area contributed by atoms with Crippen LogP contribution in [0, 0.1) is 0 Å². The quantitative estimate of drug-likeness (QED) is 0.756. The van der Waals surface area contributed by atoms with E-state index in [0.29, 0.717) is 16.9 Å². The van der Waals surface area contributed by atoms with Crippen LogP contribution in [0.3, 0.4) is 0 Å². The molecule has 0 radical (unpaired) electrons. The van der Waals surface area contributed by atoms with Gasteiger partial charge in [0.05, 0.1) is 7.11 Å². The van der Waals surface area contributed by atoms with Gasteiger partial charge in [-0.25, -0.2) is 0 Å². The second kappa shape index (κ2) is 7.05. The van der Waals surface area contributed by atoms with Crippen LogP contribution < -0.4 is 15.4 Å². The number of ether oxygens (including phenoxy) is 1. The molecule has 2 amide bonds. The smallest absolute Gasteiger partial charge is 0.256 e. The summed E-state index contributed by atoms with van der Waals surface area (Å²) < 4.78 is 5.36. The molecule has 0 aliphatic carbocycles. The largest absolute Gasteiger partial charge is 0.496 e. The minimum Gasteiger partial charge on any atom is -0.496 e. The molecule has 0 fully saturated rings. The number of anilines is 2. The fourth-order valence-corrected chi connectivity index (χ4v) is 2.69. The summed E-state index contributed by atoms with van der Waals surface area (Å²) in [5, 5.41) is 7.28. The van der Waals surface area contributed by atoms with Crippen molar-refractivity contribution < 1.29 is 14.3 Å². The van der Waals surface area contributed by atoms with Crippen molar-refractivity contribution >= 4 is 34.0 Å². The van der Waals surface area contributed by atoms with Crippen molar-refractivity contribution in [3.05, 3.63) is 66.2 Å². The van der Waals surface area contributed by atoms with Crippen LogP contribution in [0.2, 0.25) is 0 Å². The predicted molar refractivity (Wildman–Crippen MR) is 99.2 cm³/mol. The minimum absolute atomic E-state index is 0.138. The first-order valence-electron chi connectivity index (χ1n) is 7.83. The molecule has 0 spiro atoms. The number of carbonyl (C=O) groups excluding carboxylic acids is 2. The normalized spacial score (nSPS) is 10.3. The van der Waals surface area contributed by atoms with Crippen LogP contribution in [0.4, 0.5) is 11.4 Å². The Balaban J connectivity index is 1.86. The zero-order valence-corrected chi connectivity index (χ0v) is 14.0. The maximum absolute atomic E-state index is 12.7. The molecule has 0 saturated heterocycles. The van der Waals surface area contributed by atoms with Crippen molar-refractivity contribution in [1.29, 1.82) is 0 Å². The van der Waals surface area contributed by atoms with Crippen LogP contribution in [0.15, 0.2) is 60.7 Å². The molecule has 126 valence electrons. The average molecular weight is 334 g/mol. The minimum atomic E-state index is -0.203. The number of hydrogen-bond donors (Lipinski definition) is 2. The van der Waals surface area contributed by atoms with Gasteiger partial charge in [0.25, 0.3) is 5.91 Å². The van der Waals surface area contributed by atoms with E-state index in [2.05, 4.69) is 10.6 Å². The Morgan fingerprint density at radius 1 is 0.800 bits per heavy atom. The van der Waals surface area contributed by atoms with Gasteiger partial charge in [-0.05, 0) is 41.8 Å². The molecule has 2 N–H and O–H groups in total. The molecule has 25 heavy (non-hydrogen) atoms. The van der Waals surface area contributed by atoms with Gasteiger partial charge < -0.3 is 15.4 Å². The first kappa shape index (κ1) is 16.5. The van der Waals surface area contributed by atoms with Gasteiger partial charge in [-0.1, -0.05) is 24.3 Å². The summed E-state index contributed by atoms with van der Waals surface area (Å²) in [6, 6.07) is 18.1. The summed E-state index contributed by atoms with van der Waals surface area (Å²) in [5.74, 6) is 0.388. The molecule has 3 aromatic rings. The van der Waals surface area contributed by atoms with Crippen molar-refractivity contribution in [2.24, 2.45) is 0 Å². The molecule has 0 bridgehead atoms. The molecule has 0 saturated carbocycles. The van der Waals surface area contributed by atoms with E-state index in [9.17, 15) is 9.59 Å². The van der Waals surface area contributed by atoms with E-state index < -0.39 is 0 Å². The SMILES string of the molecule is COc1ccc(C(=O)Nc2ccc(NC(C)=O)cc2)c2ccccc12. The van der Waals surface area contributed by atoms with Crippen LogP contribution in [-0.2, 0) is 4.79 Å². The van der Waals surface area contributed by atoms with Crippen LogP contribution in [0.25, 0.3) is 10.8 Å². The van der Waals surface area contributed by atoms with Crippen molar-refractivity contribution in [3.63, 3.8) is 0 Å². The molecule has 3 aromatic carbocycles. The van der Waals surface area contributed by atoms with E-state index in [-0.39, 0.29) is 11.8 Å². The second-order valence-corrected chi connectivity index (χ2v) is 5.57. The average Bonchev–Trinajstić information content (AvgIpc) is 2.62. The van der Waals surface area contributed by atoms with Crippen molar-refractivity contribution in [3.8, 4) is 5.75 Å². The summed E-state index contributed by atoms with van der Waals surface area (Å²) in [5.41, 5.74) is 1.90. The van der Waals surface area contributed by atoms with E-state index in [0.717, 1.165) is 16.5 Å². The predicted octanol–water partition coefficient (Wildman–Crippen LogP) is 4.06. The lowest BCUT2D eigenvalue weighted by atomic mass is 10.0. The molecule has 5 nitrogen and oxygen atoms in total. The van der Waals surface area contributed by atoms with Gasteiger partial charge in [-0.2, -0.15) is 0 Å². The molecule has 0 aliphatic heterocycles. The highest BCUT2D eigenvalue weighted by Gasteiger charge is 2.13. The number of fused-ring (bicyclic) bond motifs is 1. The van der Waals surface area contributed by atoms with E-state index in [1.165, 1.54) is 6.92 Å². The van der Waals surface area contributed by atoms with E-state index in [1.54, 1.807) is 43.5 Å². The maximum Gasteiger partial charge on any atom is 0.256 e. The summed E-state index contributed by atoms with van der Waals surface area (Å²) in [4.78, 5) is 23.7. The molecular formula is C20H18N2O3. The molecular weight excluding hydrogens is 316 g/mol. The van der Waals surface area contributed by atoms with Crippen molar-refractivity contribution in [2.45, 2.75) is 6.92 Å². The monoisotopic (exact) mass is 334 g/mol. The Bertz CT molecular complexity index is 933. The third-order valence-electron chi connectivity index (χ3n) is 3.81. The number of carbonyl (C=O) groups is 2. The van der Waals surface area contributed by atoms with Crippen LogP contribution in [0.1, 0.15) is 17.3 Å². The second-order valence-electron chi connectivity index (χ2n) is 5.57. The number of benzene rings is 3. The van der Waals surface area contributed by atoms with Crippen LogP contribution in [-0.4, -0.2) is 18.9 Å². The highest BCUT2D eigenvalue weighted by atomic mass is 16.5. The van der Waals surface area contributed by atoms with Gasteiger partial charge in [0.2, 0.25) is 5.91 Å². The van der Waals surface area contributed by atoms with Crippen molar-refractivity contribution in [1.82, 2.24) is 0 Å². The molecule has 0 heterocycles. The van der Waals surface area contributed by atoms with E-state index >= 15 is 0 Å². The lowest BCUT2D eigenvalue weighted by Gasteiger charge is -2.11. The van der Waals surface area contributed by atoms with Crippen LogP contribution in [0.5, 0.6) is 5.75 Å². The zero-order chi connectivity index (χ0) is 17.8. The Morgan fingerprint density at radius 2 is 1.40 bits per heavy atom. The Morgan fingerprint density at radius 3 is 2.00 bits per heavy atom. The third-order valence-corrected chi connectivity index (χ3v) is 3.81. The summed E-state index contributed by atoms with van der Waals surface area (Å²) in [6.45, 7) is 1.45. The van der Waals surface area contributed by atoms with E-state index in [4.69, 9.17) is 4.74 Å². The zero-order valence-electron chi connectivity index (χ0n) is 14.0. The summed E-state index contributed by atoms with van der Waals surface area (Å²) >= 11 is 0. The van der Waals surface area contributed by atoms with Gasteiger partial charge >= 0.3 is 0 Å². The molecule has 0 unspecified atom stereocenters. The van der Waals surface area contributed by atoms with Crippen molar-refractivity contribution in [2.75, 3.05) is 17.7 Å². The Hall–Kier alpha value is -3.34. The molecule has 0 aliphatic rings. The van der Waals surface area contributed by atoms with Gasteiger partial charge in [-0.15, -0.1) is 0 Å². The Labute approximate surface area is 145 Å². The van der Waals surface area contributed by atoms with Gasteiger partial charge in [0.1, 0.15) is 5.75 Å². The van der Waals surface area contributed by atoms with Gasteiger partial charge in [-0.3, -0.25) is 9.59 Å². The summed E-state index contributed by atoms with van der Waals surface area (Å²) in [6.07, 6.45) is 0. The Kier molecular flexibility index (Phi) is 4.66. The topological polar surface area (TPSA) is 67.4 Å². The third kappa shape index (κ3) is 3.61.